The van der Waals surface area contributed by atoms with Gasteiger partial charge < -0.3 is 19.2 Å². The Bertz CT molecular complexity index is 1420. The summed E-state index contributed by atoms with van der Waals surface area (Å²) in [7, 11) is 1.27. The van der Waals surface area contributed by atoms with Gasteiger partial charge in [-0.05, 0) is 48.1 Å². The van der Waals surface area contributed by atoms with Gasteiger partial charge in [-0.1, -0.05) is 68.2 Å². The molecule has 0 aliphatic heterocycles. The molecule has 0 saturated carbocycles. The largest absolute Gasteiger partial charge is 0.488 e. The summed E-state index contributed by atoms with van der Waals surface area (Å²) in [5.41, 5.74) is 5.88. The first kappa shape index (κ1) is 31.8. The van der Waals surface area contributed by atoms with Gasteiger partial charge in [0.1, 0.15) is 35.4 Å². The second kappa shape index (κ2) is 14.8. The molecule has 0 spiro atoms. The number of carbonyl (C=O) groups excluding carboxylic acids is 3. The fourth-order valence-corrected chi connectivity index (χ4v) is 4.41. The first-order chi connectivity index (χ1) is 19.5. The lowest BCUT2D eigenvalue weighted by molar-refractivity contribution is -0.146. The summed E-state index contributed by atoms with van der Waals surface area (Å²) in [6, 6.07) is 11.9. The van der Waals surface area contributed by atoms with Gasteiger partial charge in [-0.2, -0.15) is 0 Å². The number of benzene rings is 2. The highest BCUT2D eigenvalue weighted by Gasteiger charge is 2.30. The molecule has 1 heterocycles. The minimum atomic E-state index is -0.867. The number of fused-ring (bicyclic) bond motifs is 1. The van der Waals surface area contributed by atoms with Crippen LogP contribution in [0.5, 0.6) is 5.75 Å². The first-order valence-corrected chi connectivity index (χ1v) is 14.2. The van der Waals surface area contributed by atoms with Crippen molar-refractivity contribution in [2.24, 2.45) is 11.8 Å². The normalized spacial score (nSPS) is 13.3. The number of halogens is 1. The molecule has 0 fully saturated rings. The zero-order valence-corrected chi connectivity index (χ0v) is 25.4. The van der Waals surface area contributed by atoms with E-state index in [-0.39, 0.29) is 35.2 Å². The second-order valence-corrected chi connectivity index (χ2v) is 11.1. The molecule has 2 aromatic carbocycles. The molecule has 220 valence electrons. The highest BCUT2D eigenvalue weighted by Crippen LogP contribution is 2.24. The van der Waals surface area contributed by atoms with Gasteiger partial charge in [0.25, 0.3) is 0 Å². The van der Waals surface area contributed by atoms with E-state index in [0.717, 1.165) is 16.1 Å². The molecule has 0 unspecified atom stereocenters. The predicted octanol–water partition coefficient (Wildman–Crippen LogP) is 4.49. The maximum atomic E-state index is 13.1. The van der Waals surface area contributed by atoms with E-state index in [1.807, 2.05) is 52.0 Å². The Hall–Kier alpha value is -3.70. The molecule has 0 saturated heterocycles. The van der Waals surface area contributed by atoms with Gasteiger partial charge in [0, 0.05) is 10.5 Å². The number of hydrogen-bond donors (Lipinski definition) is 3. The Kier molecular flexibility index (Phi) is 11.5. The number of amides is 2. The van der Waals surface area contributed by atoms with Crippen LogP contribution in [-0.4, -0.2) is 37.0 Å². The van der Waals surface area contributed by atoms with Crippen LogP contribution in [-0.2, 0) is 20.9 Å². The third kappa shape index (κ3) is 8.64. The molecule has 3 aromatic rings. The molecule has 2 amide bonds. The Labute approximate surface area is 247 Å². The summed E-state index contributed by atoms with van der Waals surface area (Å²) in [5, 5.41) is 2.94. The van der Waals surface area contributed by atoms with Gasteiger partial charge in [0.15, 0.2) is 11.2 Å². The Morgan fingerprint density at radius 1 is 1.05 bits per heavy atom. The van der Waals surface area contributed by atoms with Crippen molar-refractivity contribution < 1.29 is 28.3 Å². The summed E-state index contributed by atoms with van der Waals surface area (Å²) >= 11 is 3.39. The van der Waals surface area contributed by atoms with Crippen molar-refractivity contribution in [2.45, 2.75) is 59.2 Å². The molecule has 1 aromatic heterocycles. The van der Waals surface area contributed by atoms with Gasteiger partial charge in [0.2, 0.25) is 5.91 Å². The van der Waals surface area contributed by atoms with Gasteiger partial charge in [-0.15, -0.1) is 0 Å². The third-order valence-corrected chi connectivity index (χ3v) is 7.12. The van der Waals surface area contributed by atoms with Crippen LogP contribution in [0.3, 0.4) is 0 Å². The van der Waals surface area contributed by atoms with E-state index in [4.69, 9.17) is 13.9 Å². The zero-order valence-electron chi connectivity index (χ0n) is 23.8. The maximum Gasteiger partial charge on any atom is 0.328 e. The second-order valence-electron chi connectivity index (χ2n) is 10.2. The van der Waals surface area contributed by atoms with Crippen LogP contribution in [0.2, 0.25) is 0 Å². The zero-order chi connectivity index (χ0) is 30.1. The van der Waals surface area contributed by atoms with Gasteiger partial charge >= 0.3 is 11.9 Å². The minimum Gasteiger partial charge on any atom is -0.488 e. The average molecular weight is 631 g/mol. The lowest BCUT2D eigenvalue weighted by Crippen LogP contribution is -2.57. The monoisotopic (exact) mass is 629 g/mol. The van der Waals surface area contributed by atoms with E-state index in [1.165, 1.54) is 7.11 Å². The molecule has 0 aliphatic carbocycles. The van der Waals surface area contributed by atoms with Crippen LogP contribution in [0.1, 0.15) is 56.7 Å². The van der Waals surface area contributed by atoms with Crippen molar-refractivity contribution in [3.8, 4) is 5.75 Å². The van der Waals surface area contributed by atoms with Crippen molar-refractivity contribution in [1.82, 2.24) is 16.2 Å². The molecule has 11 heteroatoms. The number of rotatable bonds is 13. The minimum absolute atomic E-state index is 0.136. The molecule has 3 rings (SSSR count). The van der Waals surface area contributed by atoms with Gasteiger partial charge in [0.05, 0.1) is 7.11 Å². The molecule has 3 N–H and O–H groups in total. The Morgan fingerprint density at radius 2 is 1.76 bits per heavy atom. The summed E-state index contributed by atoms with van der Waals surface area (Å²) in [6.45, 7) is 7.85. The smallest absolute Gasteiger partial charge is 0.328 e. The van der Waals surface area contributed by atoms with Crippen LogP contribution < -0.4 is 26.3 Å². The number of nitrogens with one attached hydrogen (secondary N) is 3. The van der Waals surface area contributed by atoms with Crippen LogP contribution in [0.4, 0.5) is 0 Å². The quantitative estimate of drug-likeness (QED) is 0.186. The van der Waals surface area contributed by atoms with Crippen molar-refractivity contribution in [2.75, 3.05) is 7.11 Å². The van der Waals surface area contributed by atoms with Crippen LogP contribution in [0.15, 0.2) is 62.2 Å². The highest BCUT2D eigenvalue weighted by molar-refractivity contribution is 9.10. The molecule has 10 nitrogen and oxygen atoms in total. The Balaban J connectivity index is 1.75. The topological polar surface area (TPSA) is 136 Å². The number of esters is 1. The maximum absolute atomic E-state index is 13.1. The van der Waals surface area contributed by atoms with E-state index < -0.39 is 35.3 Å². The molecule has 0 radical (unpaired) electrons. The molecular formula is C30H36BrN3O7. The Morgan fingerprint density at radius 3 is 2.39 bits per heavy atom. The van der Waals surface area contributed by atoms with Crippen molar-refractivity contribution in [3.05, 3.63) is 74.6 Å². The number of carbonyl (C=O) groups is 3. The number of hydrogen-bond acceptors (Lipinski definition) is 8. The lowest BCUT2D eigenvalue weighted by atomic mass is 9.97. The van der Waals surface area contributed by atoms with E-state index in [1.54, 1.807) is 18.2 Å². The lowest BCUT2D eigenvalue weighted by Gasteiger charge is -2.26. The van der Waals surface area contributed by atoms with E-state index in [2.05, 4.69) is 32.1 Å². The number of ether oxygens (including phenoxy) is 2. The average Bonchev–Trinajstić information content (AvgIpc) is 2.95. The predicted molar refractivity (Wildman–Crippen MR) is 158 cm³/mol. The molecule has 41 heavy (non-hydrogen) atoms. The fourth-order valence-electron chi connectivity index (χ4n) is 4.15. The third-order valence-electron chi connectivity index (χ3n) is 6.59. The fraction of sp³-hybridized carbons (Fsp3) is 0.400. The van der Waals surface area contributed by atoms with E-state index in [9.17, 15) is 19.2 Å². The molecule has 0 bridgehead atoms. The van der Waals surface area contributed by atoms with Crippen LogP contribution in [0.25, 0.3) is 11.0 Å². The van der Waals surface area contributed by atoms with E-state index >= 15 is 0 Å². The molecule has 3 atom stereocenters. The van der Waals surface area contributed by atoms with Crippen LogP contribution >= 0.6 is 15.9 Å². The van der Waals surface area contributed by atoms with Gasteiger partial charge in [-0.25, -0.2) is 10.2 Å². The van der Waals surface area contributed by atoms with Gasteiger partial charge in [-0.3, -0.25) is 19.8 Å². The standard InChI is InChI=1S/C30H36BrN3O7/c1-6-18(4)27(29(37)32-21(14-17(2)3)30(38)39-5)33-34-28(36)25-15-22(35)26-23(8-7-9-24(26)41-25)40-16-19-10-12-20(31)13-11-19/h7-13,15,17-18,21,27,33H,6,14,16H2,1-5H3,(H,32,37)(H,34,36)/t18-,21+,27+/m1/s1. The summed E-state index contributed by atoms with van der Waals surface area (Å²) in [4.78, 5) is 51.3. The first-order valence-electron chi connectivity index (χ1n) is 13.4. The molecule has 0 aliphatic rings. The van der Waals surface area contributed by atoms with Crippen molar-refractivity contribution >= 4 is 44.7 Å². The molecular weight excluding hydrogens is 594 g/mol. The number of methoxy groups -OCH3 is 1. The van der Waals surface area contributed by atoms with Crippen molar-refractivity contribution in [3.63, 3.8) is 0 Å². The van der Waals surface area contributed by atoms with Crippen LogP contribution in [0, 0.1) is 11.8 Å². The SMILES string of the molecule is CC[C@@H](C)[C@H](NNC(=O)c1cc(=O)c2c(OCc3ccc(Br)cc3)cccc2o1)C(=O)N[C@@H](CC(C)C)C(=O)OC. The summed E-state index contributed by atoms with van der Waals surface area (Å²) in [6.07, 6.45) is 1.01. The summed E-state index contributed by atoms with van der Waals surface area (Å²) < 4.78 is 17.4. The summed E-state index contributed by atoms with van der Waals surface area (Å²) in [5.74, 6) is -1.73. The van der Waals surface area contributed by atoms with E-state index in [0.29, 0.717) is 18.6 Å². The van der Waals surface area contributed by atoms with Crippen molar-refractivity contribution in [1.29, 1.82) is 0 Å². The number of hydrazine groups is 1. The highest BCUT2D eigenvalue weighted by atomic mass is 79.9.